The number of carbonyl (C=O) groups is 1. The number of hydrogen-bond donors (Lipinski definition) is 1. The summed E-state index contributed by atoms with van der Waals surface area (Å²) in [5, 5.41) is 11.2. The maximum atomic E-state index is 10.6. The van der Waals surface area contributed by atoms with E-state index in [1.807, 2.05) is 30.5 Å². The molecule has 1 aromatic carbocycles. The van der Waals surface area contributed by atoms with Crippen LogP contribution in [0.25, 0.3) is 11.3 Å². The maximum Gasteiger partial charge on any atom is 0.310 e. The van der Waals surface area contributed by atoms with Gasteiger partial charge < -0.3 is 5.11 Å². The number of thiazole rings is 1. The Balaban J connectivity index is 2.36. The minimum Gasteiger partial charge on any atom is -0.481 e. The van der Waals surface area contributed by atoms with Gasteiger partial charge in [-0.25, -0.2) is 4.98 Å². The van der Waals surface area contributed by atoms with E-state index in [9.17, 15) is 4.79 Å². The molecule has 17 heavy (non-hydrogen) atoms. The second-order valence-corrected chi connectivity index (χ2v) is 5.48. The van der Waals surface area contributed by atoms with Crippen molar-refractivity contribution < 1.29 is 9.90 Å². The molecular weight excluding hydrogens is 302 g/mol. The van der Waals surface area contributed by atoms with Gasteiger partial charge in [0.1, 0.15) is 5.01 Å². The highest BCUT2D eigenvalue weighted by Gasteiger charge is 2.10. The van der Waals surface area contributed by atoms with E-state index in [0.717, 1.165) is 21.3 Å². The first-order chi connectivity index (χ1) is 8.06. The summed E-state index contributed by atoms with van der Waals surface area (Å²) in [5.74, 6) is -0.853. The van der Waals surface area contributed by atoms with E-state index >= 15 is 0 Å². The zero-order chi connectivity index (χ0) is 12.4. The highest BCUT2D eigenvalue weighted by atomic mass is 79.9. The van der Waals surface area contributed by atoms with Gasteiger partial charge in [0.2, 0.25) is 0 Å². The third-order valence-corrected chi connectivity index (χ3v) is 3.79. The van der Waals surface area contributed by atoms with Gasteiger partial charge >= 0.3 is 5.97 Å². The normalized spacial score (nSPS) is 10.5. The Hall–Kier alpha value is -1.20. The minimum atomic E-state index is -0.853. The summed E-state index contributed by atoms with van der Waals surface area (Å²) in [6.07, 6.45) is -0.0197. The molecule has 0 saturated carbocycles. The van der Waals surface area contributed by atoms with Gasteiger partial charge in [-0.2, -0.15) is 0 Å². The van der Waals surface area contributed by atoms with Gasteiger partial charge in [-0.15, -0.1) is 11.3 Å². The Bertz CT molecular complexity index is 565. The van der Waals surface area contributed by atoms with Crippen LogP contribution in [0.5, 0.6) is 0 Å². The van der Waals surface area contributed by atoms with Crippen molar-refractivity contribution >= 4 is 33.2 Å². The average Bonchev–Trinajstić information content (AvgIpc) is 2.69. The summed E-state index contributed by atoms with van der Waals surface area (Å²) in [5.41, 5.74) is 2.97. The van der Waals surface area contributed by atoms with Crippen molar-refractivity contribution in [2.75, 3.05) is 0 Å². The van der Waals surface area contributed by atoms with Crippen molar-refractivity contribution in [3.05, 3.63) is 38.6 Å². The molecule has 0 spiro atoms. The Morgan fingerprint density at radius 3 is 3.00 bits per heavy atom. The number of aryl methyl sites for hydroxylation is 1. The van der Waals surface area contributed by atoms with Crippen molar-refractivity contribution in [1.29, 1.82) is 0 Å². The Morgan fingerprint density at radius 1 is 1.53 bits per heavy atom. The van der Waals surface area contributed by atoms with Crippen LogP contribution in [-0.2, 0) is 11.2 Å². The number of aromatic nitrogens is 1. The lowest BCUT2D eigenvalue weighted by Gasteiger charge is -2.02. The highest BCUT2D eigenvalue weighted by molar-refractivity contribution is 9.10. The first kappa shape index (κ1) is 12.3. The first-order valence-corrected chi connectivity index (χ1v) is 6.66. The quantitative estimate of drug-likeness (QED) is 0.943. The van der Waals surface area contributed by atoms with E-state index in [2.05, 4.69) is 20.9 Å². The summed E-state index contributed by atoms with van der Waals surface area (Å²) >= 11 is 4.85. The van der Waals surface area contributed by atoms with Crippen LogP contribution in [0.15, 0.2) is 28.1 Å². The zero-order valence-electron chi connectivity index (χ0n) is 9.11. The number of carboxylic acids is 1. The van der Waals surface area contributed by atoms with Gasteiger partial charge in [-0.3, -0.25) is 4.79 Å². The number of benzene rings is 1. The monoisotopic (exact) mass is 311 g/mol. The van der Waals surface area contributed by atoms with Crippen LogP contribution in [-0.4, -0.2) is 16.1 Å². The molecule has 0 aliphatic rings. The van der Waals surface area contributed by atoms with Gasteiger partial charge in [-0.05, 0) is 19.1 Å². The molecule has 0 aliphatic heterocycles. The fourth-order valence-corrected chi connectivity index (χ4v) is 2.72. The number of nitrogens with zero attached hydrogens (tertiary/aromatic N) is 1. The summed E-state index contributed by atoms with van der Waals surface area (Å²) < 4.78 is 0.968. The average molecular weight is 312 g/mol. The summed E-state index contributed by atoms with van der Waals surface area (Å²) in [6.45, 7) is 2.01. The molecule has 0 amide bonds. The smallest absolute Gasteiger partial charge is 0.310 e. The van der Waals surface area contributed by atoms with Crippen molar-refractivity contribution in [2.45, 2.75) is 13.3 Å². The number of carboxylic acid groups (broad SMARTS) is 1. The van der Waals surface area contributed by atoms with Gasteiger partial charge in [0.25, 0.3) is 0 Å². The predicted octanol–water partition coefficient (Wildman–Crippen LogP) is 3.51. The topological polar surface area (TPSA) is 50.2 Å². The summed E-state index contributed by atoms with van der Waals surface area (Å²) in [6, 6.07) is 6.02. The lowest BCUT2D eigenvalue weighted by atomic mass is 10.1. The van der Waals surface area contributed by atoms with Gasteiger partial charge in [0.05, 0.1) is 12.1 Å². The molecule has 0 aliphatic carbocycles. The van der Waals surface area contributed by atoms with E-state index in [1.165, 1.54) is 11.3 Å². The van der Waals surface area contributed by atoms with Gasteiger partial charge in [-0.1, -0.05) is 27.6 Å². The second kappa shape index (κ2) is 4.98. The van der Waals surface area contributed by atoms with Crippen LogP contribution in [0, 0.1) is 6.92 Å². The number of rotatable bonds is 3. The largest absolute Gasteiger partial charge is 0.481 e. The fourth-order valence-electron chi connectivity index (χ4n) is 1.48. The molecule has 3 nitrogen and oxygen atoms in total. The molecular formula is C12H10BrNO2S. The molecule has 5 heteroatoms. The van der Waals surface area contributed by atoms with Crippen molar-refractivity contribution in [3.8, 4) is 11.3 Å². The minimum absolute atomic E-state index is 0.0197. The zero-order valence-corrected chi connectivity index (χ0v) is 11.5. The van der Waals surface area contributed by atoms with Crippen molar-refractivity contribution in [3.63, 3.8) is 0 Å². The molecule has 1 heterocycles. The standard InChI is InChI=1S/C12H10BrNO2S/c1-7-2-3-9(13)8(4-7)10-6-17-11(14-10)5-12(15)16/h2-4,6H,5H2,1H3,(H,15,16). The molecule has 1 N–H and O–H groups in total. The molecule has 0 fully saturated rings. The molecule has 0 atom stereocenters. The maximum absolute atomic E-state index is 10.6. The van der Waals surface area contributed by atoms with Crippen LogP contribution in [0.1, 0.15) is 10.6 Å². The fraction of sp³-hybridized carbons (Fsp3) is 0.167. The third-order valence-electron chi connectivity index (χ3n) is 2.25. The lowest BCUT2D eigenvalue weighted by molar-refractivity contribution is -0.136. The van der Waals surface area contributed by atoms with Gasteiger partial charge in [0, 0.05) is 15.4 Å². The summed E-state index contributed by atoms with van der Waals surface area (Å²) in [4.78, 5) is 14.9. The van der Waals surface area contributed by atoms with E-state index in [0.29, 0.717) is 5.01 Å². The molecule has 88 valence electrons. The van der Waals surface area contributed by atoms with Crippen molar-refractivity contribution in [2.24, 2.45) is 0 Å². The molecule has 1 aromatic heterocycles. The number of halogens is 1. The van der Waals surface area contributed by atoms with E-state index in [4.69, 9.17) is 5.11 Å². The van der Waals surface area contributed by atoms with E-state index < -0.39 is 5.97 Å². The van der Waals surface area contributed by atoms with Crippen molar-refractivity contribution in [1.82, 2.24) is 4.98 Å². The first-order valence-electron chi connectivity index (χ1n) is 4.99. The molecule has 0 bridgehead atoms. The molecule has 0 saturated heterocycles. The van der Waals surface area contributed by atoms with Crippen LogP contribution >= 0.6 is 27.3 Å². The number of aliphatic carboxylic acids is 1. The SMILES string of the molecule is Cc1ccc(Br)c(-c2csc(CC(=O)O)n2)c1. The number of hydrogen-bond acceptors (Lipinski definition) is 3. The predicted molar refractivity (Wildman–Crippen MR) is 71.3 cm³/mol. The van der Waals surface area contributed by atoms with E-state index in [-0.39, 0.29) is 6.42 Å². The summed E-state index contributed by atoms with van der Waals surface area (Å²) in [7, 11) is 0. The van der Waals surface area contributed by atoms with Crippen LogP contribution in [0.2, 0.25) is 0 Å². The van der Waals surface area contributed by atoms with Gasteiger partial charge in [0.15, 0.2) is 0 Å². The lowest BCUT2D eigenvalue weighted by Crippen LogP contribution is -1.99. The molecule has 2 rings (SSSR count). The molecule has 0 radical (unpaired) electrons. The Labute approximate surface area is 111 Å². The van der Waals surface area contributed by atoms with E-state index in [1.54, 1.807) is 0 Å². The Morgan fingerprint density at radius 2 is 2.29 bits per heavy atom. The van der Waals surface area contributed by atoms with Crippen LogP contribution in [0.4, 0.5) is 0 Å². The third kappa shape index (κ3) is 2.92. The van der Waals surface area contributed by atoms with Crippen LogP contribution in [0.3, 0.4) is 0 Å². The second-order valence-electron chi connectivity index (χ2n) is 3.68. The molecule has 2 aromatic rings. The highest BCUT2D eigenvalue weighted by Crippen LogP contribution is 2.30. The Kier molecular flexibility index (Phi) is 3.59. The van der Waals surface area contributed by atoms with Crippen LogP contribution < -0.4 is 0 Å². The molecule has 0 unspecified atom stereocenters.